The Labute approximate surface area is 212 Å². The van der Waals surface area contributed by atoms with Gasteiger partial charge in [0.15, 0.2) is 0 Å². The predicted octanol–water partition coefficient (Wildman–Crippen LogP) is 4.40. The lowest BCUT2D eigenvalue weighted by Gasteiger charge is -2.26. The zero-order valence-corrected chi connectivity index (χ0v) is 22.7. The van der Waals surface area contributed by atoms with Crippen molar-refractivity contribution in [2.45, 2.75) is 110 Å². The van der Waals surface area contributed by atoms with Crippen LogP contribution in [0.1, 0.15) is 97.8 Å². The number of amides is 3. The van der Waals surface area contributed by atoms with Crippen molar-refractivity contribution in [2.24, 2.45) is 17.8 Å². The molecule has 0 radical (unpaired) electrons. The Kier molecular flexibility index (Phi) is 15.2. The molecule has 1 rings (SSSR count). The van der Waals surface area contributed by atoms with E-state index in [9.17, 15) is 19.2 Å². The van der Waals surface area contributed by atoms with Crippen LogP contribution in [0.4, 0.5) is 0 Å². The maximum absolute atomic E-state index is 13.1. The maximum atomic E-state index is 13.1. The summed E-state index contributed by atoms with van der Waals surface area (Å²) in [5.41, 5.74) is 0. The zero-order valence-electron chi connectivity index (χ0n) is 22.7. The molecule has 2 unspecified atom stereocenters. The fourth-order valence-electron chi connectivity index (χ4n) is 4.73. The summed E-state index contributed by atoms with van der Waals surface area (Å²) < 4.78 is 0. The van der Waals surface area contributed by atoms with Gasteiger partial charge in [0.2, 0.25) is 17.7 Å². The van der Waals surface area contributed by atoms with E-state index >= 15 is 0 Å². The summed E-state index contributed by atoms with van der Waals surface area (Å²) in [4.78, 5) is 52.1. The molecule has 0 saturated heterocycles. The highest BCUT2D eigenvalue weighted by Gasteiger charge is 2.28. The molecule has 0 aromatic heterocycles. The first kappa shape index (κ1) is 30.9. The number of unbranched alkanes of at least 4 members (excludes halogenated alkanes) is 3. The number of carbonyl (C=O) groups is 4. The van der Waals surface area contributed by atoms with Crippen LogP contribution in [0.3, 0.4) is 0 Å². The Hall–Kier alpha value is -2.18. The van der Waals surface area contributed by atoms with Crippen molar-refractivity contribution in [3.8, 4) is 0 Å². The lowest BCUT2D eigenvalue weighted by atomic mass is 9.91. The van der Waals surface area contributed by atoms with E-state index in [0.29, 0.717) is 31.5 Å². The Morgan fingerprint density at radius 2 is 1.89 bits per heavy atom. The van der Waals surface area contributed by atoms with Gasteiger partial charge in [0.05, 0.1) is 6.04 Å². The second-order valence-corrected chi connectivity index (χ2v) is 10.7. The number of carbonyl (C=O) groups excluding carboxylic acids is 4. The molecule has 1 aliphatic rings. The van der Waals surface area contributed by atoms with E-state index in [4.69, 9.17) is 0 Å². The number of rotatable bonds is 9. The first-order valence-corrected chi connectivity index (χ1v) is 13.6. The molecule has 0 saturated carbocycles. The van der Waals surface area contributed by atoms with Crippen LogP contribution in [0.15, 0.2) is 12.2 Å². The molecule has 4 atom stereocenters. The van der Waals surface area contributed by atoms with Gasteiger partial charge in [-0.3, -0.25) is 14.4 Å². The number of nitrogens with one attached hydrogen (secondary N) is 2. The molecule has 0 bridgehead atoms. The molecule has 3 amide bonds. The molecule has 35 heavy (non-hydrogen) atoms. The van der Waals surface area contributed by atoms with Gasteiger partial charge in [0.1, 0.15) is 12.3 Å². The molecule has 0 aromatic carbocycles. The van der Waals surface area contributed by atoms with E-state index in [0.717, 1.165) is 32.1 Å². The number of hydrogen-bond acceptors (Lipinski definition) is 4. The highest BCUT2D eigenvalue weighted by Crippen LogP contribution is 2.22. The summed E-state index contributed by atoms with van der Waals surface area (Å²) in [7, 11) is 3.41. The van der Waals surface area contributed by atoms with Crippen LogP contribution in [0.5, 0.6) is 0 Å². The Morgan fingerprint density at radius 3 is 2.51 bits per heavy atom. The lowest BCUT2D eigenvalue weighted by Crippen LogP contribution is -2.51. The minimum Gasteiger partial charge on any atom is -0.349 e. The highest BCUT2D eigenvalue weighted by molar-refractivity contribution is 5.89. The molecule has 7 heteroatoms. The van der Waals surface area contributed by atoms with E-state index < -0.39 is 18.0 Å². The third-order valence-corrected chi connectivity index (χ3v) is 6.69. The molecule has 200 valence electrons. The topological polar surface area (TPSA) is 95.6 Å². The zero-order chi connectivity index (χ0) is 26.2. The van der Waals surface area contributed by atoms with Crippen molar-refractivity contribution in [1.29, 1.82) is 0 Å². The summed E-state index contributed by atoms with van der Waals surface area (Å²) in [6.07, 6.45) is 15.1. The van der Waals surface area contributed by atoms with Crippen molar-refractivity contribution in [3.05, 3.63) is 12.2 Å². The van der Waals surface area contributed by atoms with Crippen LogP contribution in [0.2, 0.25) is 0 Å². The minimum atomic E-state index is -0.782. The summed E-state index contributed by atoms with van der Waals surface area (Å²) >= 11 is 0. The van der Waals surface area contributed by atoms with Crippen LogP contribution in [-0.2, 0) is 19.2 Å². The smallest absolute Gasteiger partial charge is 0.243 e. The average molecular weight is 492 g/mol. The van der Waals surface area contributed by atoms with Gasteiger partial charge in [-0.15, -0.1) is 0 Å². The van der Waals surface area contributed by atoms with E-state index in [2.05, 4.69) is 23.6 Å². The van der Waals surface area contributed by atoms with Crippen molar-refractivity contribution in [3.63, 3.8) is 0 Å². The summed E-state index contributed by atoms with van der Waals surface area (Å²) in [5.74, 6) is -0.421. The van der Waals surface area contributed by atoms with E-state index in [-0.39, 0.29) is 30.1 Å². The van der Waals surface area contributed by atoms with Gasteiger partial charge < -0.3 is 20.3 Å². The monoisotopic (exact) mass is 491 g/mol. The second kappa shape index (κ2) is 17.3. The van der Waals surface area contributed by atoms with Crippen molar-refractivity contribution in [2.75, 3.05) is 14.1 Å². The molecule has 0 fully saturated rings. The summed E-state index contributed by atoms with van der Waals surface area (Å²) in [6.45, 7) is 6.20. The molecular weight excluding hydrogens is 442 g/mol. The van der Waals surface area contributed by atoms with Crippen LogP contribution in [0, 0.1) is 17.8 Å². The molecular formula is C28H49N3O4. The van der Waals surface area contributed by atoms with Gasteiger partial charge >= 0.3 is 0 Å². The molecule has 0 aromatic rings. The Balaban J connectivity index is 3.08. The number of hydrogen-bond donors (Lipinski definition) is 2. The van der Waals surface area contributed by atoms with Gasteiger partial charge in [-0.2, -0.15) is 0 Å². The lowest BCUT2D eigenvalue weighted by molar-refractivity contribution is -0.134. The van der Waals surface area contributed by atoms with E-state index in [1.165, 1.54) is 24.2 Å². The molecule has 1 aliphatic heterocycles. The van der Waals surface area contributed by atoms with Crippen molar-refractivity contribution < 1.29 is 19.2 Å². The largest absolute Gasteiger partial charge is 0.349 e. The fraction of sp³-hybridized carbons (Fsp3) is 0.786. The number of allylic oxidation sites excluding steroid dienone is 2. The molecule has 0 aliphatic carbocycles. The quantitative estimate of drug-likeness (QED) is 0.284. The maximum Gasteiger partial charge on any atom is 0.243 e. The van der Waals surface area contributed by atoms with Crippen LogP contribution < -0.4 is 10.6 Å². The van der Waals surface area contributed by atoms with Gasteiger partial charge in [0, 0.05) is 26.4 Å². The summed E-state index contributed by atoms with van der Waals surface area (Å²) in [5, 5.41) is 5.74. The highest BCUT2D eigenvalue weighted by atomic mass is 16.2. The third kappa shape index (κ3) is 12.9. The average Bonchev–Trinajstić information content (AvgIpc) is 2.80. The number of aldehydes is 1. The predicted molar refractivity (Wildman–Crippen MR) is 141 cm³/mol. The van der Waals surface area contributed by atoms with E-state index in [1.54, 1.807) is 14.1 Å². The standard InChI is InChI=1S/C28H49N3O4/c1-6-7-8-11-14-22-15-12-9-10-13-16-23(28(35)31(4)5)19-24(20-32)29-27(34)25(17-21(2)3)30-26(33)18-22/h10,13,20-25H,6-9,11-12,14-19H2,1-5H3,(H,29,34)(H,30,33)/b13-10-/t22?,23?,24-,25-/m0/s1. The summed E-state index contributed by atoms with van der Waals surface area (Å²) in [6, 6.07) is -1.47. The van der Waals surface area contributed by atoms with Gasteiger partial charge in [-0.1, -0.05) is 58.6 Å². The first-order valence-electron chi connectivity index (χ1n) is 13.6. The Bertz CT molecular complexity index is 690. The van der Waals surface area contributed by atoms with Crippen molar-refractivity contribution in [1.82, 2.24) is 15.5 Å². The second-order valence-electron chi connectivity index (χ2n) is 10.7. The third-order valence-electron chi connectivity index (χ3n) is 6.69. The van der Waals surface area contributed by atoms with Crippen LogP contribution >= 0.6 is 0 Å². The molecule has 2 N–H and O–H groups in total. The molecule has 0 spiro atoms. The SMILES string of the molecule is CCCCCCC1CCC/C=C\CC(C(=O)N(C)C)C[C@@H](C=O)NC(=O)[C@H](CC(C)C)NC(=O)C1. The van der Waals surface area contributed by atoms with Crippen LogP contribution in [0.25, 0.3) is 0 Å². The fourth-order valence-corrected chi connectivity index (χ4v) is 4.73. The van der Waals surface area contributed by atoms with Crippen molar-refractivity contribution >= 4 is 24.0 Å². The van der Waals surface area contributed by atoms with E-state index in [1.807, 2.05) is 19.9 Å². The minimum absolute atomic E-state index is 0.0592. The number of nitrogens with zero attached hydrogens (tertiary/aromatic N) is 1. The Morgan fingerprint density at radius 1 is 1.14 bits per heavy atom. The van der Waals surface area contributed by atoms with Crippen LogP contribution in [-0.4, -0.2) is 55.1 Å². The molecule has 1 heterocycles. The van der Waals surface area contributed by atoms with Gasteiger partial charge in [-0.25, -0.2) is 0 Å². The normalized spacial score (nSPS) is 26.0. The first-order chi connectivity index (χ1) is 16.7. The van der Waals surface area contributed by atoms with Gasteiger partial charge in [-0.05, 0) is 56.8 Å². The molecule has 7 nitrogen and oxygen atoms in total. The van der Waals surface area contributed by atoms with Gasteiger partial charge in [0.25, 0.3) is 0 Å².